The number of benzene rings is 1. The summed E-state index contributed by atoms with van der Waals surface area (Å²) in [6.07, 6.45) is 3.43. The molecule has 0 bridgehead atoms. The molecule has 17 heavy (non-hydrogen) atoms. The van der Waals surface area contributed by atoms with Crippen LogP contribution in [0.15, 0.2) is 24.3 Å². The number of nitrogens with two attached hydrogens (primary N) is 1. The molecule has 0 radical (unpaired) electrons. The zero-order valence-corrected chi connectivity index (χ0v) is 10.1. The summed E-state index contributed by atoms with van der Waals surface area (Å²) < 4.78 is 0. The lowest BCUT2D eigenvalue weighted by Crippen LogP contribution is -2.45. The highest BCUT2D eigenvalue weighted by Gasteiger charge is 2.21. The van der Waals surface area contributed by atoms with Gasteiger partial charge in [-0.1, -0.05) is 18.2 Å². The van der Waals surface area contributed by atoms with Crippen molar-refractivity contribution in [3.8, 4) is 0 Å². The van der Waals surface area contributed by atoms with Crippen molar-refractivity contribution in [2.45, 2.75) is 31.8 Å². The van der Waals surface area contributed by atoms with E-state index in [1.165, 1.54) is 6.42 Å². The molecule has 1 aliphatic carbocycles. The molecule has 0 aromatic heterocycles. The van der Waals surface area contributed by atoms with Gasteiger partial charge in [0.25, 0.3) is 0 Å². The maximum atomic E-state index is 11.8. The maximum Gasteiger partial charge on any atom is 0.317 e. The summed E-state index contributed by atoms with van der Waals surface area (Å²) in [6, 6.07) is 7.99. The molecule has 0 saturated heterocycles. The van der Waals surface area contributed by atoms with Gasteiger partial charge in [0, 0.05) is 25.3 Å². The molecular formula is C13H19N3O. The number of nitrogens with one attached hydrogen (secondary N) is 1. The quantitative estimate of drug-likeness (QED) is 0.784. The molecule has 1 aromatic carbocycles. The van der Waals surface area contributed by atoms with Crippen LogP contribution in [-0.2, 0) is 6.54 Å². The van der Waals surface area contributed by atoms with E-state index in [-0.39, 0.29) is 6.03 Å². The van der Waals surface area contributed by atoms with Gasteiger partial charge in [-0.3, -0.25) is 0 Å². The van der Waals surface area contributed by atoms with Crippen LogP contribution in [0.5, 0.6) is 0 Å². The molecule has 1 aromatic rings. The second-order valence-corrected chi connectivity index (χ2v) is 4.63. The van der Waals surface area contributed by atoms with Crippen LogP contribution >= 0.6 is 0 Å². The van der Waals surface area contributed by atoms with Crippen molar-refractivity contribution >= 4 is 11.7 Å². The molecule has 3 N–H and O–H groups in total. The zero-order chi connectivity index (χ0) is 12.3. The number of carbonyl (C=O) groups excluding carboxylic acids is 1. The lowest BCUT2D eigenvalue weighted by atomic mass is 9.93. The Labute approximate surface area is 102 Å². The highest BCUT2D eigenvalue weighted by molar-refractivity contribution is 5.74. The molecule has 1 aliphatic rings. The lowest BCUT2D eigenvalue weighted by molar-refractivity contribution is 0.195. The van der Waals surface area contributed by atoms with E-state index in [4.69, 9.17) is 5.73 Å². The number of carbonyl (C=O) groups is 1. The summed E-state index contributed by atoms with van der Waals surface area (Å²) in [4.78, 5) is 13.5. The van der Waals surface area contributed by atoms with Crippen LogP contribution in [0.4, 0.5) is 10.5 Å². The SMILES string of the molecule is CN(Cc1ccccc1N)C(=O)NC1CCC1. The van der Waals surface area contributed by atoms with Gasteiger partial charge in [0.2, 0.25) is 0 Å². The molecule has 0 spiro atoms. The molecule has 1 saturated carbocycles. The molecule has 2 rings (SSSR count). The zero-order valence-electron chi connectivity index (χ0n) is 10.1. The van der Waals surface area contributed by atoms with Gasteiger partial charge in [-0.2, -0.15) is 0 Å². The molecule has 92 valence electrons. The second kappa shape index (κ2) is 5.08. The minimum Gasteiger partial charge on any atom is -0.398 e. The normalized spacial score (nSPS) is 15.1. The molecule has 0 aliphatic heterocycles. The van der Waals surface area contributed by atoms with Gasteiger partial charge in [0.05, 0.1) is 0 Å². The topological polar surface area (TPSA) is 58.4 Å². The fraction of sp³-hybridized carbons (Fsp3) is 0.462. The first kappa shape index (κ1) is 11.8. The predicted molar refractivity (Wildman–Crippen MR) is 68.5 cm³/mol. The number of anilines is 1. The fourth-order valence-corrected chi connectivity index (χ4v) is 1.84. The van der Waals surface area contributed by atoms with Crippen LogP contribution in [0.25, 0.3) is 0 Å². The van der Waals surface area contributed by atoms with Gasteiger partial charge in [-0.05, 0) is 30.9 Å². The number of nitrogen functional groups attached to an aromatic ring is 1. The van der Waals surface area contributed by atoms with Crippen molar-refractivity contribution in [3.63, 3.8) is 0 Å². The summed E-state index contributed by atoms with van der Waals surface area (Å²) >= 11 is 0. The third-order valence-electron chi connectivity index (χ3n) is 3.24. The van der Waals surface area contributed by atoms with E-state index in [9.17, 15) is 4.79 Å². The van der Waals surface area contributed by atoms with E-state index in [0.717, 1.165) is 24.1 Å². The summed E-state index contributed by atoms with van der Waals surface area (Å²) in [5.41, 5.74) is 7.57. The van der Waals surface area contributed by atoms with Crippen LogP contribution in [0.3, 0.4) is 0 Å². The van der Waals surface area contributed by atoms with Crippen molar-refractivity contribution in [3.05, 3.63) is 29.8 Å². The average Bonchev–Trinajstić information content (AvgIpc) is 2.26. The van der Waals surface area contributed by atoms with E-state index in [2.05, 4.69) is 5.32 Å². The van der Waals surface area contributed by atoms with Crippen LogP contribution in [0.1, 0.15) is 24.8 Å². The van der Waals surface area contributed by atoms with Gasteiger partial charge in [-0.15, -0.1) is 0 Å². The Morgan fingerprint density at radius 2 is 2.18 bits per heavy atom. The molecule has 0 heterocycles. The van der Waals surface area contributed by atoms with Crippen molar-refractivity contribution < 1.29 is 4.79 Å². The molecule has 4 heteroatoms. The minimum absolute atomic E-state index is 0.0158. The Balaban J connectivity index is 1.89. The highest BCUT2D eigenvalue weighted by atomic mass is 16.2. The summed E-state index contributed by atoms with van der Waals surface area (Å²) in [6.45, 7) is 0.547. The number of para-hydroxylation sites is 1. The van der Waals surface area contributed by atoms with Crippen LogP contribution in [0.2, 0.25) is 0 Å². The maximum absolute atomic E-state index is 11.8. The molecule has 0 atom stereocenters. The minimum atomic E-state index is -0.0158. The Bertz CT molecular complexity index is 401. The first-order valence-corrected chi connectivity index (χ1v) is 6.02. The third-order valence-corrected chi connectivity index (χ3v) is 3.24. The molecule has 0 unspecified atom stereocenters. The predicted octanol–water partition coefficient (Wildman–Crippen LogP) is 1.96. The smallest absolute Gasteiger partial charge is 0.317 e. The highest BCUT2D eigenvalue weighted by Crippen LogP contribution is 2.18. The third kappa shape index (κ3) is 2.90. The fourth-order valence-electron chi connectivity index (χ4n) is 1.84. The number of hydrogen-bond donors (Lipinski definition) is 2. The second-order valence-electron chi connectivity index (χ2n) is 4.63. The monoisotopic (exact) mass is 233 g/mol. The van der Waals surface area contributed by atoms with Crippen molar-refractivity contribution in [2.75, 3.05) is 12.8 Å². The molecule has 4 nitrogen and oxygen atoms in total. The molecular weight excluding hydrogens is 214 g/mol. The number of nitrogens with zero attached hydrogens (tertiary/aromatic N) is 1. The first-order valence-electron chi connectivity index (χ1n) is 6.02. The average molecular weight is 233 g/mol. The van der Waals surface area contributed by atoms with E-state index >= 15 is 0 Å². The molecule has 1 fully saturated rings. The van der Waals surface area contributed by atoms with E-state index < -0.39 is 0 Å². The van der Waals surface area contributed by atoms with Crippen LogP contribution in [-0.4, -0.2) is 24.0 Å². The summed E-state index contributed by atoms with van der Waals surface area (Å²) in [5, 5.41) is 3.00. The Morgan fingerprint density at radius 1 is 1.47 bits per heavy atom. The number of hydrogen-bond acceptors (Lipinski definition) is 2. The van der Waals surface area contributed by atoms with Crippen molar-refractivity contribution in [2.24, 2.45) is 0 Å². The van der Waals surface area contributed by atoms with Gasteiger partial charge in [-0.25, -0.2) is 4.79 Å². The Kier molecular flexibility index (Phi) is 3.52. The van der Waals surface area contributed by atoms with Crippen LogP contribution in [0, 0.1) is 0 Å². The molecule has 2 amide bonds. The first-order chi connectivity index (χ1) is 8.16. The largest absolute Gasteiger partial charge is 0.398 e. The Morgan fingerprint density at radius 3 is 2.76 bits per heavy atom. The summed E-state index contributed by atoms with van der Waals surface area (Å²) in [5.74, 6) is 0. The van der Waals surface area contributed by atoms with Gasteiger partial charge < -0.3 is 16.0 Å². The van der Waals surface area contributed by atoms with Gasteiger partial charge >= 0.3 is 6.03 Å². The Hall–Kier alpha value is -1.71. The van der Waals surface area contributed by atoms with Gasteiger partial charge in [0.1, 0.15) is 0 Å². The van der Waals surface area contributed by atoms with Crippen LogP contribution < -0.4 is 11.1 Å². The van der Waals surface area contributed by atoms with E-state index in [1.54, 1.807) is 11.9 Å². The van der Waals surface area contributed by atoms with Gasteiger partial charge in [0.15, 0.2) is 0 Å². The van der Waals surface area contributed by atoms with E-state index in [1.807, 2.05) is 24.3 Å². The lowest BCUT2D eigenvalue weighted by Gasteiger charge is -2.29. The number of amides is 2. The van der Waals surface area contributed by atoms with Crippen molar-refractivity contribution in [1.29, 1.82) is 0 Å². The number of rotatable bonds is 3. The standard InChI is InChI=1S/C13H19N3O/c1-16(13(17)15-11-6-4-7-11)9-10-5-2-3-8-12(10)14/h2-3,5,8,11H,4,6-7,9,14H2,1H3,(H,15,17). The van der Waals surface area contributed by atoms with Crippen molar-refractivity contribution in [1.82, 2.24) is 10.2 Å². The number of urea groups is 1. The van der Waals surface area contributed by atoms with E-state index in [0.29, 0.717) is 12.6 Å². The summed E-state index contributed by atoms with van der Waals surface area (Å²) in [7, 11) is 1.79.